The fourth-order valence-corrected chi connectivity index (χ4v) is 4.01. The first-order valence-corrected chi connectivity index (χ1v) is 8.61. The Morgan fingerprint density at radius 1 is 1.32 bits per heavy atom. The Bertz CT molecular complexity index is 486. The SMILES string of the molecule is c1csc(-c2csc(CNCC3CCCCO3)c2)c1. The minimum atomic E-state index is 0.422. The maximum atomic E-state index is 5.72. The molecule has 1 aliphatic heterocycles. The van der Waals surface area contributed by atoms with Gasteiger partial charge < -0.3 is 10.1 Å². The molecule has 1 atom stereocenters. The van der Waals surface area contributed by atoms with Gasteiger partial charge in [-0.05, 0) is 42.2 Å². The monoisotopic (exact) mass is 293 g/mol. The second-order valence-electron chi connectivity index (χ2n) is 4.90. The summed E-state index contributed by atoms with van der Waals surface area (Å²) in [5, 5.41) is 7.90. The molecule has 0 bridgehead atoms. The molecule has 0 aromatic carbocycles. The highest BCUT2D eigenvalue weighted by Gasteiger charge is 2.13. The predicted molar refractivity (Wildman–Crippen MR) is 82.9 cm³/mol. The zero-order chi connectivity index (χ0) is 12.9. The molecule has 2 aromatic rings. The lowest BCUT2D eigenvalue weighted by molar-refractivity contribution is 0.0168. The Labute approximate surface area is 122 Å². The van der Waals surface area contributed by atoms with Crippen molar-refractivity contribution in [3.05, 3.63) is 33.8 Å². The number of hydrogen-bond donors (Lipinski definition) is 1. The molecule has 1 saturated heterocycles. The van der Waals surface area contributed by atoms with Crippen molar-refractivity contribution in [3.8, 4) is 10.4 Å². The topological polar surface area (TPSA) is 21.3 Å². The van der Waals surface area contributed by atoms with E-state index >= 15 is 0 Å². The molecule has 0 radical (unpaired) electrons. The third-order valence-corrected chi connectivity index (χ3v) is 5.26. The van der Waals surface area contributed by atoms with E-state index in [9.17, 15) is 0 Å². The summed E-state index contributed by atoms with van der Waals surface area (Å²) in [7, 11) is 0. The maximum Gasteiger partial charge on any atom is 0.0699 e. The van der Waals surface area contributed by atoms with Crippen LogP contribution in [0, 0.1) is 0 Å². The largest absolute Gasteiger partial charge is 0.377 e. The molecule has 4 heteroatoms. The van der Waals surface area contributed by atoms with Crippen LogP contribution in [0.25, 0.3) is 10.4 Å². The van der Waals surface area contributed by atoms with E-state index in [1.54, 1.807) is 11.3 Å². The minimum Gasteiger partial charge on any atom is -0.377 e. The Balaban J connectivity index is 1.48. The lowest BCUT2D eigenvalue weighted by atomic mass is 10.1. The molecule has 1 N–H and O–H groups in total. The van der Waals surface area contributed by atoms with E-state index in [4.69, 9.17) is 4.74 Å². The molecule has 1 aliphatic rings. The summed E-state index contributed by atoms with van der Waals surface area (Å²) >= 11 is 3.64. The van der Waals surface area contributed by atoms with Gasteiger partial charge in [0.05, 0.1) is 6.10 Å². The van der Waals surface area contributed by atoms with Gasteiger partial charge >= 0.3 is 0 Å². The lowest BCUT2D eigenvalue weighted by Gasteiger charge is -2.22. The second kappa shape index (κ2) is 6.66. The summed E-state index contributed by atoms with van der Waals surface area (Å²) in [6.45, 7) is 2.87. The molecule has 2 nitrogen and oxygen atoms in total. The van der Waals surface area contributed by atoms with Crippen LogP contribution in [0.4, 0.5) is 0 Å². The van der Waals surface area contributed by atoms with Crippen LogP contribution in [0.5, 0.6) is 0 Å². The highest BCUT2D eigenvalue weighted by molar-refractivity contribution is 7.14. The summed E-state index contributed by atoms with van der Waals surface area (Å²) < 4.78 is 5.72. The van der Waals surface area contributed by atoms with E-state index in [0.717, 1.165) is 19.7 Å². The quantitative estimate of drug-likeness (QED) is 0.894. The standard InChI is InChI=1S/C15H19NOS2/c1-2-6-17-13(4-1)9-16-10-14-8-12(11-19-14)15-5-3-7-18-15/h3,5,7-8,11,13,16H,1-2,4,6,9-10H2. The molecular formula is C15H19NOS2. The van der Waals surface area contributed by atoms with Crippen LogP contribution in [-0.4, -0.2) is 19.3 Å². The molecule has 3 rings (SSSR count). The first-order chi connectivity index (χ1) is 9.42. The first kappa shape index (κ1) is 13.3. The molecule has 2 aromatic heterocycles. The minimum absolute atomic E-state index is 0.422. The van der Waals surface area contributed by atoms with Crippen molar-refractivity contribution in [1.82, 2.24) is 5.32 Å². The Hall–Kier alpha value is -0.680. The van der Waals surface area contributed by atoms with Crippen molar-refractivity contribution in [2.75, 3.05) is 13.2 Å². The van der Waals surface area contributed by atoms with E-state index in [0.29, 0.717) is 6.10 Å². The Morgan fingerprint density at radius 2 is 2.32 bits per heavy atom. The van der Waals surface area contributed by atoms with Gasteiger partial charge in [0.25, 0.3) is 0 Å². The number of nitrogens with one attached hydrogen (secondary N) is 1. The molecule has 1 unspecified atom stereocenters. The van der Waals surface area contributed by atoms with E-state index < -0.39 is 0 Å². The van der Waals surface area contributed by atoms with Crippen molar-refractivity contribution in [2.45, 2.75) is 31.9 Å². The molecule has 3 heterocycles. The third-order valence-electron chi connectivity index (χ3n) is 3.40. The Morgan fingerprint density at radius 3 is 3.11 bits per heavy atom. The van der Waals surface area contributed by atoms with Gasteiger partial charge in [0.15, 0.2) is 0 Å². The van der Waals surface area contributed by atoms with Crippen LogP contribution in [0.1, 0.15) is 24.1 Å². The van der Waals surface area contributed by atoms with Gasteiger partial charge in [0.1, 0.15) is 0 Å². The summed E-state index contributed by atoms with van der Waals surface area (Å²) in [6.07, 6.45) is 4.17. The number of hydrogen-bond acceptors (Lipinski definition) is 4. The molecule has 0 saturated carbocycles. The summed E-state index contributed by atoms with van der Waals surface area (Å²) in [5.74, 6) is 0. The van der Waals surface area contributed by atoms with E-state index in [-0.39, 0.29) is 0 Å². The van der Waals surface area contributed by atoms with Gasteiger partial charge in [0, 0.05) is 35.0 Å². The van der Waals surface area contributed by atoms with Crippen molar-refractivity contribution in [1.29, 1.82) is 0 Å². The second-order valence-corrected chi connectivity index (χ2v) is 6.84. The molecule has 0 aliphatic carbocycles. The third kappa shape index (κ3) is 3.66. The zero-order valence-electron chi connectivity index (χ0n) is 10.9. The highest BCUT2D eigenvalue weighted by Crippen LogP contribution is 2.29. The van der Waals surface area contributed by atoms with Gasteiger partial charge in [-0.3, -0.25) is 0 Å². The number of rotatable bonds is 5. The van der Waals surface area contributed by atoms with E-state index in [1.807, 2.05) is 11.3 Å². The fraction of sp³-hybridized carbons (Fsp3) is 0.467. The van der Waals surface area contributed by atoms with Crippen LogP contribution >= 0.6 is 22.7 Å². The molecule has 19 heavy (non-hydrogen) atoms. The van der Waals surface area contributed by atoms with Crippen molar-refractivity contribution >= 4 is 22.7 Å². The fourth-order valence-electron chi connectivity index (χ4n) is 2.37. The molecule has 102 valence electrons. The van der Waals surface area contributed by atoms with E-state index in [2.05, 4.69) is 34.3 Å². The lowest BCUT2D eigenvalue weighted by Crippen LogP contribution is -2.31. The Kier molecular flexibility index (Phi) is 4.66. The van der Waals surface area contributed by atoms with Crippen molar-refractivity contribution < 1.29 is 4.74 Å². The average Bonchev–Trinajstić information content (AvgIpc) is 3.10. The van der Waals surface area contributed by atoms with Crippen LogP contribution in [0.15, 0.2) is 29.0 Å². The van der Waals surface area contributed by atoms with Crippen LogP contribution in [0.3, 0.4) is 0 Å². The van der Waals surface area contributed by atoms with Gasteiger partial charge in [-0.2, -0.15) is 0 Å². The summed E-state index contributed by atoms with van der Waals surface area (Å²) in [4.78, 5) is 2.76. The summed E-state index contributed by atoms with van der Waals surface area (Å²) in [5.41, 5.74) is 1.35. The van der Waals surface area contributed by atoms with Gasteiger partial charge in [-0.25, -0.2) is 0 Å². The highest BCUT2D eigenvalue weighted by atomic mass is 32.1. The molecule has 1 fully saturated rings. The van der Waals surface area contributed by atoms with E-state index in [1.165, 1.54) is 34.6 Å². The van der Waals surface area contributed by atoms with Crippen molar-refractivity contribution in [3.63, 3.8) is 0 Å². The van der Waals surface area contributed by atoms with Gasteiger partial charge in [-0.1, -0.05) is 6.07 Å². The van der Waals surface area contributed by atoms with Gasteiger partial charge in [0.2, 0.25) is 0 Å². The zero-order valence-corrected chi connectivity index (χ0v) is 12.6. The summed E-state index contributed by atoms with van der Waals surface area (Å²) in [6, 6.07) is 6.58. The van der Waals surface area contributed by atoms with Crippen LogP contribution in [-0.2, 0) is 11.3 Å². The predicted octanol–water partition coefficient (Wildman–Crippen LogP) is 4.14. The molecular weight excluding hydrogens is 274 g/mol. The van der Waals surface area contributed by atoms with Gasteiger partial charge in [-0.15, -0.1) is 22.7 Å². The number of ether oxygens (including phenoxy) is 1. The maximum absolute atomic E-state index is 5.72. The molecule has 0 amide bonds. The molecule has 0 spiro atoms. The number of thiophene rings is 2. The normalized spacial score (nSPS) is 19.7. The van der Waals surface area contributed by atoms with Crippen LogP contribution in [0.2, 0.25) is 0 Å². The average molecular weight is 293 g/mol. The van der Waals surface area contributed by atoms with Crippen LogP contribution < -0.4 is 5.32 Å². The smallest absolute Gasteiger partial charge is 0.0699 e. The van der Waals surface area contributed by atoms with Crippen molar-refractivity contribution in [2.24, 2.45) is 0 Å². The first-order valence-electron chi connectivity index (χ1n) is 6.85.